The summed E-state index contributed by atoms with van der Waals surface area (Å²) in [4.78, 5) is 26.9. The van der Waals surface area contributed by atoms with Gasteiger partial charge in [-0.3, -0.25) is 9.59 Å². The minimum absolute atomic E-state index is 0.0132. The van der Waals surface area contributed by atoms with Gasteiger partial charge in [-0.2, -0.15) is 5.10 Å². The molecule has 8 heteroatoms. The summed E-state index contributed by atoms with van der Waals surface area (Å²) in [6, 6.07) is 5.22. The van der Waals surface area contributed by atoms with Gasteiger partial charge in [-0.05, 0) is 58.1 Å². The Hall–Kier alpha value is -2.48. The molecule has 0 saturated carbocycles. The number of hydrogen-bond acceptors (Lipinski definition) is 5. The van der Waals surface area contributed by atoms with E-state index in [4.69, 9.17) is 4.74 Å². The maximum atomic E-state index is 12.6. The van der Waals surface area contributed by atoms with Crippen LogP contribution in [-0.4, -0.2) is 56.2 Å². The molecule has 0 aliphatic carbocycles. The van der Waals surface area contributed by atoms with Crippen LogP contribution in [-0.2, 0) is 9.53 Å². The van der Waals surface area contributed by atoms with Gasteiger partial charge in [0.15, 0.2) is 5.82 Å². The van der Waals surface area contributed by atoms with Crippen molar-refractivity contribution < 1.29 is 9.53 Å². The van der Waals surface area contributed by atoms with E-state index in [2.05, 4.69) is 10.2 Å². The molecule has 1 unspecified atom stereocenters. The van der Waals surface area contributed by atoms with Crippen molar-refractivity contribution in [3.05, 3.63) is 39.9 Å². The fourth-order valence-electron chi connectivity index (χ4n) is 4.12. The van der Waals surface area contributed by atoms with Gasteiger partial charge in [0.05, 0.1) is 11.7 Å². The molecule has 0 radical (unpaired) electrons. The Bertz CT molecular complexity index is 905. The molecule has 1 atom stereocenters. The number of piperidine rings is 1. The van der Waals surface area contributed by atoms with Crippen LogP contribution in [0.4, 0.5) is 0 Å². The van der Waals surface area contributed by atoms with Gasteiger partial charge < -0.3 is 9.64 Å². The summed E-state index contributed by atoms with van der Waals surface area (Å²) in [5.41, 5.74) is 1.77. The first-order valence-electron chi connectivity index (χ1n) is 10.1. The SMILES string of the molecule is Cc1cc(C)n(-c2ccc(=O)n(C3CCN(C(=O)C4CCCCO4)CC3)n2)n1. The minimum atomic E-state index is -0.291. The van der Waals surface area contributed by atoms with Crippen molar-refractivity contribution in [3.63, 3.8) is 0 Å². The fraction of sp³-hybridized carbons (Fsp3) is 0.600. The van der Waals surface area contributed by atoms with Crippen LogP contribution in [0.2, 0.25) is 0 Å². The molecule has 2 fully saturated rings. The number of ether oxygens (including phenoxy) is 1. The number of aryl methyl sites for hydroxylation is 2. The summed E-state index contributed by atoms with van der Waals surface area (Å²) in [5.74, 6) is 0.731. The lowest BCUT2D eigenvalue weighted by atomic mass is 10.0. The molecule has 0 spiro atoms. The molecule has 150 valence electrons. The third-order valence-electron chi connectivity index (χ3n) is 5.61. The van der Waals surface area contributed by atoms with Crippen LogP contribution < -0.4 is 5.56 Å². The number of carbonyl (C=O) groups is 1. The number of hydrogen-bond donors (Lipinski definition) is 0. The van der Waals surface area contributed by atoms with E-state index in [-0.39, 0.29) is 23.6 Å². The first kappa shape index (κ1) is 18.9. The van der Waals surface area contributed by atoms with Gasteiger partial charge in [0.2, 0.25) is 0 Å². The monoisotopic (exact) mass is 385 g/mol. The minimum Gasteiger partial charge on any atom is -0.368 e. The van der Waals surface area contributed by atoms with Gasteiger partial charge in [0.1, 0.15) is 6.10 Å². The number of likely N-dealkylation sites (tertiary alicyclic amines) is 1. The molecule has 0 N–H and O–H groups in total. The molecule has 2 aromatic heterocycles. The summed E-state index contributed by atoms with van der Waals surface area (Å²) in [7, 11) is 0. The van der Waals surface area contributed by atoms with E-state index < -0.39 is 0 Å². The number of aromatic nitrogens is 4. The third-order valence-corrected chi connectivity index (χ3v) is 5.61. The first-order chi connectivity index (χ1) is 13.5. The summed E-state index contributed by atoms with van der Waals surface area (Å²) < 4.78 is 8.95. The zero-order valence-electron chi connectivity index (χ0n) is 16.5. The summed E-state index contributed by atoms with van der Waals surface area (Å²) in [5, 5.41) is 9.03. The van der Waals surface area contributed by atoms with E-state index in [0.717, 1.165) is 30.7 Å². The van der Waals surface area contributed by atoms with Crippen LogP contribution >= 0.6 is 0 Å². The number of nitrogens with zero attached hydrogens (tertiary/aromatic N) is 5. The van der Waals surface area contributed by atoms with Crippen molar-refractivity contribution in [3.8, 4) is 5.82 Å². The lowest BCUT2D eigenvalue weighted by molar-refractivity contribution is -0.147. The molecule has 4 rings (SSSR count). The Kier molecular flexibility index (Phi) is 5.30. The number of rotatable bonds is 3. The van der Waals surface area contributed by atoms with E-state index in [1.165, 1.54) is 0 Å². The topological polar surface area (TPSA) is 82.2 Å². The lowest BCUT2D eigenvalue weighted by Gasteiger charge is -2.35. The van der Waals surface area contributed by atoms with Crippen LogP contribution in [0.3, 0.4) is 0 Å². The molecule has 1 amide bonds. The molecule has 4 heterocycles. The highest BCUT2D eigenvalue weighted by Gasteiger charge is 2.31. The second kappa shape index (κ2) is 7.87. The molecule has 2 aromatic rings. The van der Waals surface area contributed by atoms with Gasteiger partial charge >= 0.3 is 0 Å². The zero-order chi connectivity index (χ0) is 19.7. The predicted molar refractivity (Wildman–Crippen MR) is 104 cm³/mol. The number of amides is 1. The van der Waals surface area contributed by atoms with E-state index in [0.29, 0.717) is 38.4 Å². The maximum absolute atomic E-state index is 12.6. The lowest BCUT2D eigenvalue weighted by Crippen LogP contribution is -2.46. The van der Waals surface area contributed by atoms with Gasteiger partial charge in [-0.25, -0.2) is 9.36 Å². The van der Waals surface area contributed by atoms with E-state index >= 15 is 0 Å². The van der Waals surface area contributed by atoms with Crippen molar-refractivity contribution in [2.75, 3.05) is 19.7 Å². The van der Waals surface area contributed by atoms with Crippen LogP contribution in [0, 0.1) is 13.8 Å². The summed E-state index contributed by atoms with van der Waals surface area (Å²) >= 11 is 0. The average molecular weight is 385 g/mol. The van der Waals surface area contributed by atoms with Crippen molar-refractivity contribution >= 4 is 5.91 Å². The van der Waals surface area contributed by atoms with Crippen molar-refractivity contribution in [2.45, 2.75) is 58.1 Å². The Morgan fingerprint density at radius 3 is 2.54 bits per heavy atom. The Labute approximate surface area is 164 Å². The van der Waals surface area contributed by atoms with Crippen molar-refractivity contribution in [1.29, 1.82) is 0 Å². The highest BCUT2D eigenvalue weighted by atomic mass is 16.5. The average Bonchev–Trinajstić information content (AvgIpc) is 3.06. The standard InChI is InChI=1S/C20H27N5O3/c1-14-13-15(2)24(21-14)18-6-7-19(26)25(22-18)16-8-10-23(11-9-16)20(27)17-5-3-4-12-28-17/h6-7,13,16-17H,3-5,8-12H2,1-2H3. The predicted octanol–water partition coefficient (Wildman–Crippen LogP) is 1.78. The van der Waals surface area contributed by atoms with Crippen LogP contribution in [0.5, 0.6) is 0 Å². The largest absolute Gasteiger partial charge is 0.368 e. The number of carbonyl (C=O) groups excluding carboxylic acids is 1. The van der Waals surface area contributed by atoms with Gasteiger partial charge in [0.25, 0.3) is 11.5 Å². The zero-order valence-corrected chi connectivity index (χ0v) is 16.5. The molecule has 0 bridgehead atoms. The Morgan fingerprint density at radius 1 is 1.11 bits per heavy atom. The third kappa shape index (κ3) is 3.73. The quantitative estimate of drug-likeness (QED) is 0.804. The molecular weight excluding hydrogens is 358 g/mol. The second-order valence-corrected chi connectivity index (χ2v) is 7.72. The normalized spacial score (nSPS) is 21.1. The van der Waals surface area contributed by atoms with Crippen molar-refractivity contribution in [1.82, 2.24) is 24.5 Å². The molecule has 8 nitrogen and oxygen atoms in total. The van der Waals surface area contributed by atoms with Crippen molar-refractivity contribution in [2.24, 2.45) is 0 Å². The highest BCUT2D eigenvalue weighted by Crippen LogP contribution is 2.23. The fourth-order valence-corrected chi connectivity index (χ4v) is 4.12. The van der Waals surface area contributed by atoms with E-state index in [1.807, 2.05) is 24.8 Å². The maximum Gasteiger partial charge on any atom is 0.267 e. The van der Waals surface area contributed by atoms with E-state index in [9.17, 15) is 9.59 Å². The molecule has 2 aliphatic rings. The van der Waals surface area contributed by atoms with Crippen LogP contribution in [0.1, 0.15) is 49.5 Å². The molecule has 2 aliphatic heterocycles. The Balaban J connectivity index is 1.47. The smallest absolute Gasteiger partial charge is 0.267 e. The van der Waals surface area contributed by atoms with Gasteiger partial charge in [-0.15, -0.1) is 5.10 Å². The van der Waals surface area contributed by atoms with E-state index in [1.54, 1.807) is 21.5 Å². The Morgan fingerprint density at radius 2 is 1.89 bits per heavy atom. The highest BCUT2D eigenvalue weighted by molar-refractivity contribution is 5.81. The van der Waals surface area contributed by atoms with Gasteiger partial charge in [-0.1, -0.05) is 0 Å². The molecule has 2 saturated heterocycles. The summed E-state index contributed by atoms with van der Waals surface area (Å²) in [6.45, 7) is 5.82. The second-order valence-electron chi connectivity index (χ2n) is 7.72. The molecule has 28 heavy (non-hydrogen) atoms. The summed E-state index contributed by atoms with van der Waals surface area (Å²) in [6.07, 6.45) is 4.03. The van der Waals surface area contributed by atoms with Crippen LogP contribution in [0.25, 0.3) is 5.82 Å². The molecular formula is C20H27N5O3. The van der Waals surface area contributed by atoms with Gasteiger partial charge in [0, 0.05) is 31.5 Å². The van der Waals surface area contributed by atoms with Crippen LogP contribution in [0.15, 0.2) is 23.0 Å². The molecule has 0 aromatic carbocycles. The first-order valence-corrected chi connectivity index (χ1v) is 10.1.